The molecule has 0 radical (unpaired) electrons. The number of sulfonamides is 1. The third-order valence-electron chi connectivity index (χ3n) is 4.70. The first-order chi connectivity index (χ1) is 12.4. The molecule has 138 valence electrons. The largest absolute Gasteiger partial charge is 0.342 e. The number of nitrogens with one attached hydrogen (secondary N) is 1. The van der Waals surface area contributed by atoms with Crippen LogP contribution in [0.1, 0.15) is 24.0 Å². The van der Waals surface area contributed by atoms with Gasteiger partial charge in [-0.25, -0.2) is 13.1 Å². The van der Waals surface area contributed by atoms with Crippen LogP contribution in [0, 0.1) is 6.92 Å². The van der Waals surface area contributed by atoms with Crippen LogP contribution < -0.4 is 4.72 Å². The molecule has 1 aliphatic rings. The van der Waals surface area contributed by atoms with Crippen molar-refractivity contribution in [2.24, 2.45) is 0 Å². The van der Waals surface area contributed by atoms with Crippen LogP contribution >= 0.6 is 0 Å². The molecule has 2 aromatic carbocycles. The fraction of sp³-hybridized carbons (Fsp3) is 0.350. The van der Waals surface area contributed by atoms with E-state index in [0.29, 0.717) is 32.4 Å². The monoisotopic (exact) mass is 372 g/mol. The fourth-order valence-electron chi connectivity index (χ4n) is 3.13. The molecule has 1 fully saturated rings. The van der Waals surface area contributed by atoms with Crippen molar-refractivity contribution in [1.82, 2.24) is 9.62 Å². The molecular formula is C20H24N2O3S. The standard InChI is InChI=1S/C20H24N2O3S/c1-16-7-9-19(10-8-16)26(24,25)21-18-11-13-22(14-12-18)20(23)15-17-5-3-2-4-6-17/h2-10,18,21H,11-15H2,1H3. The van der Waals surface area contributed by atoms with Gasteiger partial charge in [0.15, 0.2) is 0 Å². The maximum Gasteiger partial charge on any atom is 0.240 e. The van der Waals surface area contributed by atoms with Crippen molar-refractivity contribution < 1.29 is 13.2 Å². The normalized spacial score (nSPS) is 15.8. The van der Waals surface area contributed by atoms with Gasteiger partial charge in [-0.15, -0.1) is 0 Å². The smallest absolute Gasteiger partial charge is 0.240 e. The molecule has 0 unspecified atom stereocenters. The Labute approximate surface area is 155 Å². The number of likely N-dealkylation sites (tertiary alicyclic amines) is 1. The van der Waals surface area contributed by atoms with Gasteiger partial charge in [0.1, 0.15) is 0 Å². The molecule has 0 aliphatic carbocycles. The van der Waals surface area contributed by atoms with Crippen LogP contribution in [-0.4, -0.2) is 38.4 Å². The summed E-state index contributed by atoms with van der Waals surface area (Å²) in [6.45, 7) is 3.07. The molecule has 1 N–H and O–H groups in total. The van der Waals surface area contributed by atoms with Gasteiger partial charge in [-0.2, -0.15) is 0 Å². The second kappa shape index (κ2) is 8.01. The van der Waals surface area contributed by atoms with Crippen LogP contribution in [0.2, 0.25) is 0 Å². The first kappa shape index (κ1) is 18.6. The topological polar surface area (TPSA) is 66.5 Å². The van der Waals surface area contributed by atoms with Gasteiger partial charge >= 0.3 is 0 Å². The van der Waals surface area contributed by atoms with Gasteiger partial charge in [-0.1, -0.05) is 48.0 Å². The highest BCUT2D eigenvalue weighted by Gasteiger charge is 2.26. The van der Waals surface area contributed by atoms with Gasteiger partial charge in [-0.3, -0.25) is 4.79 Å². The highest BCUT2D eigenvalue weighted by atomic mass is 32.2. The minimum Gasteiger partial charge on any atom is -0.342 e. The number of benzene rings is 2. The van der Waals surface area contributed by atoms with Gasteiger partial charge in [0.25, 0.3) is 0 Å². The van der Waals surface area contributed by atoms with Crippen molar-refractivity contribution in [2.75, 3.05) is 13.1 Å². The van der Waals surface area contributed by atoms with E-state index in [2.05, 4.69) is 4.72 Å². The number of amides is 1. The Morgan fingerprint density at radius 3 is 2.27 bits per heavy atom. The summed E-state index contributed by atoms with van der Waals surface area (Å²) in [5.41, 5.74) is 2.02. The second-order valence-corrected chi connectivity index (χ2v) is 8.47. The highest BCUT2D eigenvalue weighted by Crippen LogP contribution is 2.16. The molecule has 1 heterocycles. The molecule has 0 bridgehead atoms. The molecule has 1 saturated heterocycles. The first-order valence-electron chi connectivity index (χ1n) is 8.85. The maximum absolute atomic E-state index is 12.5. The van der Waals surface area contributed by atoms with Crippen LogP contribution in [0.15, 0.2) is 59.5 Å². The van der Waals surface area contributed by atoms with Gasteiger partial charge in [0.2, 0.25) is 15.9 Å². The van der Waals surface area contributed by atoms with Crippen LogP contribution in [0.3, 0.4) is 0 Å². The summed E-state index contributed by atoms with van der Waals surface area (Å²) in [4.78, 5) is 14.5. The SMILES string of the molecule is Cc1ccc(S(=O)(=O)NC2CCN(C(=O)Cc3ccccc3)CC2)cc1. The third kappa shape index (κ3) is 4.71. The predicted octanol–water partition coefficient (Wildman–Crippen LogP) is 2.51. The Hall–Kier alpha value is -2.18. The average Bonchev–Trinajstić information content (AvgIpc) is 2.63. The van der Waals surface area contributed by atoms with E-state index in [9.17, 15) is 13.2 Å². The minimum absolute atomic E-state index is 0.0936. The lowest BCUT2D eigenvalue weighted by Gasteiger charge is -2.32. The lowest BCUT2D eigenvalue weighted by Crippen LogP contribution is -2.46. The van der Waals surface area contributed by atoms with E-state index >= 15 is 0 Å². The van der Waals surface area contributed by atoms with Crippen molar-refractivity contribution in [3.05, 3.63) is 65.7 Å². The summed E-state index contributed by atoms with van der Waals surface area (Å²) in [5, 5.41) is 0. The molecule has 0 spiro atoms. The molecule has 6 heteroatoms. The van der Waals surface area contributed by atoms with Crippen molar-refractivity contribution >= 4 is 15.9 Å². The van der Waals surface area contributed by atoms with Gasteiger partial charge in [0, 0.05) is 19.1 Å². The number of carbonyl (C=O) groups is 1. The van der Waals surface area contributed by atoms with Crippen molar-refractivity contribution in [1.29, 1.82) is 0 Å². The quantitative estimate of drug-likeness (QED) is 0.877. The van der Waals surface area contributed by atoms with Crippen molar-refractivity contribution in [3.8, 4) is 0 Å². The average molecular weight is 372 g/mol. The zero-order chi connectivity index (χ0) is 18.6. The Morgan fingerprint density at radius 2 is 1.65 bits per heavy atom. The summed E-state index contributed by atoms with van der Waals surface area (Å²) in [6.07, 6.45) is 1.65. The van der Waals surface area contributed by atoms with Crippen LogP contribution in [0.4, 0.5) is 0 Å². The molecule has 5 nitrogen and oxygen atoms in total. The molecule has 0 aromatic heterocycles. The predicted molar refractivity (Wildman–Crippen MR) is 101 cm³/mol. The van der Waals surface area contributed by atoms with Gasteiger partial charge in [-0.05, 0) is 37.5 Å². The summed E-state index contributed by atoms with van der Waals surface area (Å²) in [6, 6.07) is 16.4. The molecule has 1 amide bonds. The van der Waals surface area contributed by atoms with Gasteiger partial charge in [0.05, 0.1) is 11.3 Å². The zero-order valence-corrected chi connectivity index (χ0v) is 15.7. The molecule has 1 aliphatic heterocycles. The first-order valence-corrected chi connectivity index (χ1v) is 10.3. The number of aryl methyl sites for hydroxylation is 1. The number of hydrogen-bond acceptors (Lipinski definition) is 3. The molecule has 3 rings (SSSR count). The van der Waals surface area contributed by atoms with E-state index in [0.717, 1.165) is 11.1 Å². The second-order valence-electron chi connectivity index (χ2n) is 6.75. The van der Waals surface area contributed by atoms with Crippen molar-refractivity contribution in [3.63, 3.8) is 0 Å². The van der Waals surface area contributed by atoms with Crippen LogP contribution in [0.5, 0.6) is 0 Å². The Morgan fingerprint density at radius 1 is 1.04 bits per heavy atom. The van der Waals surface area contributed by atoms with E-state index in [4.69, 9.17) is 0 Å². The number of nitrogens with zero attached hydrogens (tertiary/aromatic N) is 1. The lowest BCUT2D eigenvalue weighted by molar-refractivity contribution is -0.131. The Bertz CT molecular complexity index is 840. The summed E-state index contributed by atoms with van der Waals surface area (Å²) >= 11 is 0. The van der Waals surface area contributed by atoms with Crippen LogP contribution in [0.25, 0.3) is 0 Å². The van der Waals surface area contributed by atoms with E-state index in [-0.39, 0.29) is 16.8 Å². The summed E-state index contributed by atoms with van der Waals surface area (Å²) < 4.78 is 27.7. The van der Waals surface area contributed by atoms with Crippen LogP contribution in [-0.2, 0) is 21.2 Å². The molecule has 0 atom stereocenters. The maximum atomic E-state index is 12.5. The highest BCUT2D eigenvalue weighted by molar-refractivity contribution is 7.89. The number of carbonyl (C=O) groups excluding carboxylic acids is 1. The minimum atomic E-state index is -3.52. The molecule has 26 heavy (non-hydrogen) atoms. The summed E-state index contributed by atoms with van der Waals surface area (Å²) in [5.74, 6) is 0.0936. The number of hydrogen-bond donors (Lipinski definition) is 1. The molecular weight excluding hydrogens is 348 g/mol. The van der Waals surface area contributed by atoms with E-state index in [1.807, 2.05) is 42.2 Å². The number of piperidine rings is 1. The third-order valence-corrected chi connectivity index (χ3v) is 6.24. The van der Waals surface area contributed by atoms with Crippen molar-refractivity contribution in [2.45, 2.75) is 37.1 Å². The summed E-state index contributed by atoms with van der Waals surface area (Å²) in [7, 11) is -3.52. The van der Waals surface area contributed by atoms with E-state index in [1.165, 1.54) is 0 Å². The Kier molecular flexibility index (Phi) is 5.74. The fourth-order valence-corrected chi connectivity index (χ4v) is 4.44. The molecule has 0 saturated carbocycles. The van der Waals surface area contributed by atoms with E-state index < -0.39 is 10.0 Å². The van der Waals surface area contributed by atoms with Gasteiger partial charge < -0.3 is 4.90 Å². The van der Waals surface area contributed by atoms with E-state index in [1.54, 1.807) is 24.3 Å². The Balaban J connectivity index is 1.53. The zero-order valence-electron chi connectivity index (χ0n) is 14.9. The lowest BCUT2D eigenvalue weighted by atomic mass is 10.0. The molecule has 2 aromatic rings. The number of rotatable bonds is 5.